The molecule has 35 heavy (non-hydrogen) atoms. The second-order valence-corrected chi connectivity index (χ2v) is 8.62. The highest BCUT2D eigenvalue weighted by Gasteiger charge is 2.28. The molecule has 0 unspecified atom stereocenters. The number of likely N-dealkylation sites (tertiary alicyclic amines) is 1. The molecule has 2 saturated heterocycles. The van der Waals surface area contributed by atoms with Crippen LogP contribution in [-0.2, 0) is 20.9 Å². The first-order chi connectivity index (χ1) is 16.9. The number of nitrogens with zero attached hydrogens (tertiary/aromatic N) is 3. The fourth-order valence-electron chi connectivity index (χ4n) is 4.37. The summed E-state index contributed by atoms with van der Waals surface area (Å²) in [4.78, 5) is 37.7. The number of carbonyl (C=O) groups excluding carboxylic acids is 1. The zero-order valence-corrected chi connectivity index (χ0v) is 19.8. The van der Waals surface area contributed by atoms with Crippen molar-refractivity contribution >= 4 is 17.8 Å². The van der Waals surface area contributed by atoms with Gasteiger partial charge in [0.1, 0.15) is 5.75 Å². The lowest BCUT2D eigenvalue weighted by Gasteiger charge is -2.42. The molecule has 4 rings (SSSR count). The van der Waals surface area contributed by atoms with Crippen molar-refractivity contribution in [2.75, 3.05) is 45.9 Å². The van der Waals surface area contributed by atoms with Gasteiger partial charge in [0.25, 0.3) is 5.91 Å². The monoisotopic (exact) mass is 483 g/mol. The number of amides is 1. The van der Waals surface area contributed by atoms with Crippen LogP contribution in [0.1, 0.15) is 18.4 Å². The summed E-state index contributed by atoms with van der Waals surface area (Å²) in [6, 6.07) is 20.9. The Hall–Kier alpha value is -3.43. The first-order valence-corrected chi connectivity index (χ1v) is 11.8. The van der Waals surface area contributed by atoms with Gasteiger partial charge in [-0.25, -0.2) is 9.59 Å². The number of rotatable bonds is 6. The van der Waals surface area contributed by atoms with E-state index in [1.54, 1.807) is 0 Å². The van der Waals surface area contributed by atoms with Crippen molar-refractivity contribution in [2.24, 2.45) is 0 Å². The number of piperazine rings is 1. The molecule has 2 fully saturated rings. The second kappa shape index (κ2) is 13.5. The van der Waals surface area contributed by atoms with Crippen molar-refractivity contribution in [3.05, 3.63) is 66.2 Å². The Bertz CT molecular complexity index is 928. The van der Waals surface area contributed by atoms with E-state index in [-0.39, 0.29) is 12.5 Å². The number of benzene rings is 2. The molecular weight excluding hydrogens is 450 g/mol. The molecular formula is C26H33N3O6. The summed E-state index contributed by atoms with van der Waals surface area (Å²) in [7, 11) is 0. The van der Waals surface area contributed by atoms with E-state index < -0.39 is 11.9 Å². The van der Waals surface area contributed by atoms with Crippen LogP contribution in [0.3, 0.4) is 0 Å². The second-order valence-electron chi connectivity index (χ2n) is 8.62. The summed E-state index contributed by atoms with van der Waals surface area (Å²) in [5.74, 6) is -2.81. The van der Waals surface area contributed by atoms with Gasteiger partial charge in [-0.3, -0.25) is 14.6 Å². The summed E-state index contributed by atoms with van der Waals surface area (Å²) in [5, 5.41) is 14.8. The SMILES string of the molecule is O=C(COc1ccccc1)N1CCN(C2CCN(Cc3ccccc3)CC2)CC1.O=C(O)C(=O)O. The number of aliphatic carboxylic acids is 2. The number of carboxylic acids is 2. The summed E-state index contributed by atoms with van der Waals surface area (Å²) < 4.78 is 5.61. The van der Waals surface area contributed by atoms with Crippen molar-refractivity contribution in [1.29, 1.82) is 0 Å². The van der Waals surface area contributed by atoms with E-state index in [0.29, 0.717) is 6.04 Å². The van der Waals surface area contributed by atoms with Crippen molar-refractivity contribution in [3.63, 3.8) is 0 Å². The zero-order chi connectivity index (χ0) is 25.0. The molecule has 2 aromatic rings. The van der Waals surface area contributed by atoms with Crippen LogP contribution in [0.25, 0.3) is 0 Å². The van der Waals surface area contributed by atoms with E-state index in [9.17, 15) is 4.79 Å². The molecule has 0 bridgehead atoms. The van der Waals surface area contributed by atoms with Gasteiger partial charge in [-0.05, 0) is 43.6 Å². The van der Waals surface area contributed by atoms with Crippen LogP contribution < -0.4 is 4.74 Å². The topological polar surface area (TPSA) is 111 Å². The first-order valence-electron chi connectivity index (χ1n) is 11.8. The van der Waals surface area contributed by atoms with Crippen LogP contribution >= 0.6 is 0 Å². The third kappa shape index (κ3) is 8.70. The van der Waals surface area contributed by atoms with Crippen LogP contribution in [0.4, 0.5) is 0 Å². The number of para-hydroxylation sites is 1. The van der Waals surface area contributed by atoms with Crippen molar-refractivity contribution < 1.29 is 29.3 Å². The predicted molar refractivity (Wildman–Crippen MR) is 130 cm³/mol. The normalized spacial score (nSPS) is 17.2. The molecule has 1 amide bonds. The highest BCUT2D eigenvalue weighted by atomic mass is 16.5. The van der Waals surface area contributed by atoms with E-state index in [2.05, 4.69) is 40.1 Å². The van der Waals surface area contributed by atoms with Gasteiger partial charge in [0.2, 0.25) is 0 Å². The Morgan fingerprint density at radius 1 is 0.771 bits per heavy atom. The molecule has 2 N–H and O–H groups in total. The summed E-state index contributed by atoms with van der Waals surface area (Å²) in [5.41, 5.74) is 1.40. The minimum atomic E-state index is -1.82. The summed E-state index contributed by atoms with van der Waals surface area (Å²) >= 11 is 0. The number of hydrogen-bond donors (Lipinski definition) is 2. The number of carbonyl (C=O) groups is 3. The highest BCUT2D eigenvalue weighted by molar-refractivity contribution is 6.27. The maximum Gasteiger partial charge on any atom is 0.414 e. The molecule has 9 heteroatoms. The minimum absolute atomic E-state index is 0.0891. The number of hydrogen-bond acceptors (Lipinski definition) is 6. The third-order valence-corrected chi connectivity index (χ3v) is 6.28. The number of ether oxygens (including phenoxy) is 1. The minimum Gasteiger partial charge on any atom is -0.484 e. The quantitative estimate of drug-likeness (QED) is 0.601. The Balaban J connectivity index is 0.000000509. The van der Waals surface area contributed by atoms with Crippen molar-refractivity contribution in [3.8, 4) is 5.75 Å². The van der Waals surface area contributed by atoms with E-state index in [4.69, 9.17) is 24.5 Å². The number of carboxylic acid groups (broad SMARTS) is 2. The molecule has 2 heterocycles. The smallest absolute Gasteiger partial charge is 0.414 e. The lowest BCUT2D eigenvalue weighted by atomic mass is 10.0. The molecule has 188 valence electrons. The van der Waals surface area contributed by atoms with Gasteiger partial charge in [-0.1, -0.05) is 48.5 Å². The van der Waals surface area contributed by atoms with Gasteiger partial charge in [0.15, 0.2) is 6.61 Å². The van der Waals surface area contributed by atoms with Crippen LogP contribution in [0, 0.1) is 0 Å². The van der Waals surface area contributed by atoms with Gasteiger partial charge in [0, 0.05) is 38.8 Å². The highest BCUT2D eigenvalue weighted by Crippen LogP contribution is 2.20. The molecule has 0 saturated carbocycles. The lowest BCUT2D eigenvalue weighted by Crippen LogP contribution is -2.54. The van der Waals surface area contributed by atoms with E-state index in [0.717, 1.165) is 51.6 Å². The fourth-order valence-corrected chi connectivity index (χ4v) is 4.37. The first kappa shape index (κ1) is 26.2. The largest absolute Gasteiger partial charge is 0.484 e. The summed E-state index contributed by atoms with van der Waals surface area (Å²) in [6.45, 7) is 7.05. The number of piperidine rings is 1. The Morgan fingerprint density at radius 3 is 1.86 bits per heavy atom. The molecule has 0 aromatic heterocycles. The fraction of sp³-hybridized carbons (Fsp3) is 0.423. The standard InChI is InChI=1S/C24H31N3O2.C2H2O4/c28-24(20-29-23-9-5-2-6-10-23)27-17-15-26(16-18-27)22-11-13-25(14-12-22)19-21-7-3-1-4-8-21;3-1(4)2(5)6/h1-10,22H,11-20H2;(H,3,4)(H,5,6). The van der Waals surface area contributed by atoms with Gasteiger partial charge in [0.05, 0.1) is 0 Å². The van der Waals surface area contributed by atoms with Gasteiger partial charge in [-0.15, -0.1) is 0 Å². The van der Waals surface area contributed by atoms with E-state index in [1.807, 2.05) is 35.2 Å². The maximum absolute atomic E-state index is 12.4. The Morgan fingerprint density at radius 2 is 1.31 bits per heavy atom. The van der Waals surface area contributed by atoms with Gasteiger partial charge >= 0.3 is 11.9 Å². The molecule has 2 aliphatic heterocycles. The van der Waals surface area contributed by atoms with Crippen molar-refractivity contribution in [1.82, 2.24) is 14.7 Å². The average Bonchev–Trinajstić information content (AvgIpc) is 2.89. The molecule has 2 aliphatic rings. The lowest BCUT2D eigenvalue weighted by molar-refractivity contribution is -0.159. The zero-order valence-electron chi connectivity index (χ0n) is 19.8. The maximum atomic E-state index is 12.4. The van der Waals surface area contributed by atoms with Gasteiger partial charge in [-0.2, -0.15) is 0 Å². The molecule has 0 aliphatic carbocycles. The molecule has 0 atom stereocenters. The Labute approximate surface area is 205 Å². The van der Waals surface area contributed by atoms with Crippen molar-refractivity contribution in [2.45, 2.75) is 25.4 Å². The van der Waals surface area contributed by atoms with E-state index >= 15 is 0 Å². The third-order valence-electron chi connectivity index (χ3n) is 6.28. The van der Waals surface area contributed by atoms with Crippen LogP contribution in [0.2, 0.25) is 0 Å². The molecule has 2 aromatic carbocycles. The van der Waals surface area contributed by atoms with E-state index in [1.165, 1.54) is 18.4 Å². The molecule has 9 nitrogen and oxygen atoms in total. The summed E-state index contributed by atoms with van der Waals surface area (Å²) in [6.07, 6.45) is 2.44. The van der Waals surface area contributed by atoms with Crippen LogP contribution in [0.5, 0.6) is 5.75 Å². The average molecular weight is 484 g/mol. The van der Waals surface area contributed by atoms with Crippen LogP contribution in [0.15, 0.2) is 60.7 Å². The molecule has 0 spiro atoms. The molecule has 0 radical (unpaired) electrons. The predicted octanol–water partition coefficient (Wildman–Crippen LogP) is 2.03. The van der Waals surface area contributed by atoms with Gasteiger partial charge < -0.3 is 19.8 Å². The Kier molecular flexibility index (Phi) is 10.1. The van der Waals surface area contributed by atoms with Crippen LogP contribution in [-0.4, -0.2) is 94.7 Å².